The number of esters is 1. The molecule has 7 nitrogen and oxygen atoms in total. The van der Waals surface area contributed by atoms with E-state index in [1.54, 1.807) is 0 Å². The third-order valence-corrected chi connectivity index (χ3v) is 6.32. The average Bonchev–Trinajstić information content (AvgIpc) is 2.84. The molecular formula is C26H32FN3O4. The van der Waals surface area contributed by atoms with E-state index in [0.29, 0.717) is 18.7 Å². The number of ether oxygens (including phenoxy) is 2. The molecule has 1 atom stereocenters. The number of rotatable bonds is 9. The van der Waals surface area contributed by atoms with Crippen LogP contribution in [0.5, 0.6) is 5.75 Å². The number of nitrogens with zero attached hydrogens (tertiary/aromatic N) is 3. The minimum Gasteiger partial charge on any atom is -0.478 e. The predicted octanol–water partition coefficient (Wildman–Crippen LogP) is 3.48. The van der Waals surface area contributed by atoms with Crippen LogP contribution in [0, 0.1) is 5.82 Å². The zero-order valence-electron chi connectivity index (χ0n) is 19.6. The van der Waals surface area contributed by atoms with E-state index in [2.05, 4.69) is 9.80 Å². The lowest BCUT2D eigenvalue weighted by Crippen LogP contribution is -2.47. The van der Waals surface area contributed by atoms with Crippen molar-refractivity contribution in [3.05, 3.63) is 54.3 Å². The Kier molecular flexibility index (Phi) is 8.00. The monoisotopic (exact) mass is 469 g/mol. The minimum atomic E-state index is -0.645. The topological polar surface area (TPSA) is 62.3 Å². The van der Waals surface area contributed by atoms with Gasteiger partial charge >= 0.3 is 5.97 Å². The van der Waals surface area contributed by atoms with Crippen LogP contribution < -0.4 is 14.5 Å². The molecule has 1 saturated heterocycles. The van der Waals surface area contributed by atoms with Gasteiger partial charge in [-0.1, -0.05) is 12.1 Å². The molecule has 2 heterocycles. The number of halogens is 1. The molecule has 0 aromatic heterocycles. The van der Waals surface area contributed by atoms with Gasteiger partial charge in [0.15, 0.2) is 6.10 Å². The number of unbranched alkanes of at least 4 members (excludes halogenated alkanes) is 1. The number of hydrogen-bond acceptors (Lipinski definition) is 6. The second kappa shape index (κ2) is 11.3. The number of carbonyl (C=O) groups excluding carboxylic acids is 2. The van der Waals surface area contributed by atoms with Crippen LogP contribution in [0.1, 0.15) is 26.2 Å². The molecule has 0 bridgehead atoms. The molecule has 1 amide bonds. The van der Waals surface area contributed by atoms with Crippen LogP contribution in [0.25, 0.3) is 0 Å². The quantitative estimate of drug-likeness (QED) is 0.414. The van der Waals surface area contributed by atoms with E-state index in [1.807, 2.05) is 41.3 Å². The summed E-state index contributed by atoms with van der Waals surface area (Å²) in [6, 6.07) is 14.3. The maximum atomic E-state index is 13.2. The third-order valence-electron chi connectivity index (χ3n) is 6.32. The summed E-state index contributed by atoms with van der Waals surface area (Å²) < 4.78 is 24.1. The van der Waals surface area contributed by atoms with Gasteiger partial charge in [-0.3, -0.25) is 14.5 Å². The zero-order valence-corrected chi connectivity index (χ0v) is 19.6. The SMILES string of the molecule is CC(=O)OCCC1Oc2ccccc2N(CCCCN2CCN(c3ccc(F)cc3)CC2)C1=O. The van der Waals surface area contributed by atoms with Gasteiger partial charge in [-0.25, -0.2) is 4.39 Å². The molecule has 34 heavy (non-hydrogen) atoms. The summed E-state index contributed by atoms with van der Waals surface area (Å²) in [7, 11) is 0. The lowest BCUT2D eigenvalue weighted by molar-refractivity contribution is -0.142. The molecule has 1 unspecified atom stereocenters. The number of para-hydroxylation sites is 2. The number of carbonyl (C=O) groups is 2. The van der Waals surface area contributed by atoms with Crippen molar-refractivity contribution in [2.45, 2.75) is 32.3 Å². The Labute approximate surface area is 200 Å². The summed E-state index contributed by atoms with van der Waals surface area (Å²) in [6.07, 6.45) is 1.56. The first-order valence-corrected chi connectivity index (χ1v) is 11.9. The second-order valence-corrected chi connectivity index (χ2v) is 8.71. The van der Waals surface area contributed by atoms with E-state index >= 15 is 0 Å². The zero-order chi connectivity index (χ0) is 23.9. The van der Waals surface area contributed by atoms with Crippen molar-refractivity contribution in [2.24, 2.45) is 0 Å². The Morgan fingerprint density at radius 1 is 1.03 bits per heavy atom. The van der Waals surface area contributed by atoms with E-state index in [1.165, 1.54) is 19.1 Å². The first-order valence-electron chi connectivity index (χ1n) is 11.9. The fraction of sp³-hybridized carbons (Fsp3) is 0.462. The van der Waals surface area contributed by atoms with Crippen LogP contribution >= 0.6 is 0 Å². The molecule has 0 radical (unpaired) electrons. The minimum absolute atomic E-state index is 0.0845. The number of anilines is 2. The number of fused-ring (bicyclic) bond motifs is 1. The van der Waals surface area contributed by atoms with Crippen LogP contribution in [0.2, 0.25) is 0 Å². The van der Waals surface area contributed by atoms with Gasteiger partial charge in [0, 0.05) is 51.8 Å². The van der Waals surface area contributed by atoms with Crippen molar-refractivity contribution in [3.63, 3.8) is 0 Å². The first-order chi connectivity index (χ1) is 16.5. The Morgan fingerprint density at radius 2 is 1.74 bits per heavy atom. The van der Waals surface area contributed by atoms with Gasteiger partial charge in [0.25, 0.3) is 5.91 Å². The normalized spacial score (nSPS) is 18.4. The second-order valence-electron chi connectivity index (χ2n) is 8.71. The van der Waals surface area contributed by atoms with Gasteiger partial charge in [0.2, 0.25) is 0 Å². The fourth-order valence-corrected chi connectivity index (χ4v) is 4.49. The lowest BCUT2D eigenvalue weighted by atomic mass is 10.1. The van der Waals surface area contributed by atoms with Gasteiger partial charge in [0.1, 0.15) is 11.6 Å². The summed E-state index contributed by atoms with van der Waals surface area (Å²) in [5.74, 6) is 0.0316. The largest absolute Gasteiger partial charge is 0.478 e. The highest BCUT2D eigenvalue weighted by Crippen LogP contribution is 2.34. The van der Waals surface area contributed by atoms with Crippen LogP contribution in [0.3, 0.4) is 0 Å². The molecule has 2 aliphatic heterocycles. The maximum Gasteiger partial charge on any atom is 0.302 e. The lowest BCUT2D eigenvalue weighted by Gasteiger charge is -2.36. The number of amides is 1. The highest BCUT2D eigenvalue weighted by Gasteiger charge is 2.33. The Bertz CT molecular complexity index is 976. The summed E-state index contributed by atoms with van der Waals surface area (Å²) >= 11 is 0. The van der Waals surface area contributed by atoms with Crippen molar-refractivity contribution < 1.29 is 23.5 Å². The standard InChI is InChI=1S/C26H32FN3O4/c1-20(31)33-19-12-25-26(32)30(23-6-2-3-7-24(23)34-25)14-5-4-13-28-15-17-29(18-16-28)22-10-8-21(27)9-11-22/h2-3,6-11,25H,4-5,12-19H2,1H3. The smallest absolute Gasteiger partial charge is 0.302 e. The molecule has 0 saturated carbocycles. The molecule has 2 aromatic rings. The molecule has 0 spiro atoms. The average molecular weight is 470 g/mol. The van der Waals surface area contributed by atoms with Crippen LogP contribution in [0.4, 0.5) is 15.8 Å². The maximum absolute atomic E-state index is 13.2. The molecule has 8 heteroatoms. The van der Waals surface area contributed by atoms with Crippen LogP contribution in [-0.4, -0.2) is 68.8 Å². The van der Waals surface area contributed by atoms with E-state index in [-0.39, 0.29) is 24.3 Å². The van der Waals surface area contributed by atoms with E-state index < -0.39 is 6.10 Å². The number of piperazine rings is 1. The van der Waals surface area contributed by atoms with Crippen molar-refractivity contribution in [3.8, 4) is 5.75 Å². The van der Waals surface area contributed by atoms with Crippen LogP contribution in [-0.2, 0) is 14.3 Å². The summed E-state index contributed by atoms with van der Waals surface area (Å²) in [5, 5.41) is 0. The molecule has 4 rings (SSSR count). The molecule has 0 N–H and O–H groups in total. The molecule has 2 aromatic carbocycles. The molecule has 1 fully saturated rings. The van der Waals surface area contributed by atoms with Gasteiger partial charge in [0.05, 0.1) is 12.3 Å². The number of hydrogen-bond donors (Lipinski definition) is 0. The fourth-order valence-electron chi connectivity index (χ4n) is 4.49. The summed E-state index contributed by atoms with van der Waals surface area (Å²) in [4.78, 5) is 30.7. The number of benzene rings is 2. The van der Waals surface area contributed by atoms with Crippen molar-refractivity contribution in [1.29, 1.82) is 0 Å². The molecule has 182 valence electrons. The van der Waals surface area contributed by atoms with E-state index in [9.17, 15) is 14.0 Å². The first kappa shape index (κ1) is 24.0. The van der Waals surface area contributed by atoms with Crippen molar-refractivity contribution in [2.75, 3.05) is 55.7 Å². The van der Waals surface area contributed by atoms with E-state index in [4.69, 9.17) is 9.47 Å². The van der Waals surface area contributed by atoms with E-state index in [0.717, 1.165) is 56.9 Å². The molecule has 2 aliphatic rings. The van der Waals surface area contributed by atoms with Gasteiger partial charge in [-0.2, -0.15) is 0 Å². The van der Waals surface area contributed by atoms with Crippen molar-refractivity contribution >= 4 is 23.3 Å². The summed E-state index contributed by atoms with van der Waals surface area (Å²) in [5.41, 5.74) is 1.86. The van der Waals surface area contributed by atoms with Gasteiger partial charge in [-0.05, 0) is 55.8 Å². The Balaban J connectivity index is 1.24. The highest BCUT2D eigenvalue weighted by atomic mass is 19.1. The molecule has 0 aliphatic carbocycles. The highest BCUT2D eigenvalue weighted by molar-refractivity contribution is 6.00. The van der Waals surface area contributed by atoms with Crippen molar-refractivity contribution in [1.82, 2.24) is 4.90 Å². The van der Waals surface area contributed by atoms with Gasteiger partial charge < -0.3 is 19.3 Å². The third kappa shape index (κ3) is 6.05. The summed E-state index contributed by atoms with van der Waals surface area (Å²) in [6.45, 7) is 6.89. The predicted molar refractivity (Wildman–Crippen MR) is 129 cm³/mol. The Morgan fingerprint density at radius 3 is 2.47 bits per heavy atom. The van der Waals surface area contributed by atoms with Crippen LogP contribution in [0.15, 0.2) is 48.5 Å². The Hall–Kier alpha value is -3.13. The van der Waals surface area contributed by atoms with Gasteiger partial charge in [-0.15, -0.1) is 0 Å². The molecular weight excluding hydrogens is 437 g/mol.